The second-order valence-corrected chi connectivity index (χ2v) is 5.14. The van der Waals surface area contributed by atoms with Gasteiger partial charge < -0.3 is 9.47 Å². The molecule has 0 amide bonds. The maximum atomic E-state index is 12.6. The molecule has 23 heavy (non-hydrogen) atoms. The lowest BCUT2D eigenvalue weighted by Gasteiger charge is -2.29. The fourth-order valence-corrected chi connectivity index (χ4v) is 2.43. The summed E-state index contributed by atoms with van der Waals surface area (Å²) in [6, 6.07) is 14.2. The van der Waals surface area contributed by atoms with Crippen molar-refractivity contribution in [2.45, 2.75) is 11.4 Å². The molecule has 0 saturated carbocycles. The van der Waals surface area contributed by atoms with Crippen LogP contribution in [0.25, 0.3) is 0 Å². The molecule has 0 aromatic heterocycles. The Bertz CT molecular complexity index is 658. The molecule has 1 unspecified atom stereocenters. The molecule has 0 radical (unpaired) electrons. The number of alkyl halides is 4. The highest BCUT2D eigenvalue weighted by molar-refractivity contribution is 6.25. The minimum atomic E-state index is -4.83. The monoisotopic (exact) mass is 342 g/mol. The second kappa shape index (κ2) is 7.06. The van der Waals surface area contributed by atoms with Crippen molar-refractivity contribution in [1.29, 1.82) is 0 Å². The SMILES string of the molecule is C=CCOC(Cl)(c1ccccc1)c1ccccc1OC(F)(F)F. The smallest absolute Gasteiger partial charge is 0.405 e. The fraction of sp³-hybridized carbons (Fsp3) is 0.176. The summed E-state index contributed by atoms with van der Waals surface area (Å²) in [6.45, 7) is 3.59. The number of halogens is 4. The van der Waals surface area contributed by atoms with Crippen LogP contribution >= 0.6 is 11.6 Å². The first-order valence-corrected chi connectivity index (χ1v) is 7.09. The minimum Gasteiger partial charge on any atom is -0.405 e. The molecule has 0 spiro atoms. The van der Waals surface area contributed by atoms with Gasteiger partial charge in [-0.15, -0.1) is 19.8 Å². The summed E-state index contributed by atoms with van der Waals surface area (Å²) < 4.78 is 47.6. The van der Waals surface area contributed by atoms with E-state index in [1.54, 1.807) is 36.4 Å². The van der Waals surface area contributed by atoms with Crippen molar-refractivity contribution < 1.29 is 22.6 Å². The van der Waals surface area contributed by atoms with Crippen LogP contribution in [0.3, 0.4) is 0 Å². The summed E-state index contributed by atoms with van der Waals surface area (Å²) in [6.07, 6.45) is -3.36. The van der Waals surface area contributed by atoms with E-state index in [-0.39, 0.29) is 12.2 Å². The standard InChI is InChI=1S/C17H14ClF3O2/c1-2-12-22-16(18,13-8-4-3-5-9-13)14-10-6-7-11-15(14)23-17(19,20)21/h2-11H,1,12H2. The highest BCUT2D eigenvalue weighted by Gasteiger charge is 2.39. The van der Waals surface area contributed by atoms with Gasteiger partial charge in [-0.2, -0.15) is 0 Å². The number of rotatable bonds is 6. The van der Waals surface area contributed by atoms with Crippen LogP contribution in [0.15, 0.2) is 67.3 Å². The van der Waals surface area contributed by atoms with Crippen molar-refractivity contribution in [2.24, 2.45) is 0 Å². The normalized spacial score (nSPS) is 14.1. The van der Waals surface area contributed by atoms with Gasteiger partial charge in [-0.3, -0.25) is 0 Å². The predicted octanol–water partition coefficient (Wildman–Crippen LogP) is 5.23. The third-order valence-electron chi connectivity index (χ3n) is 3.00. The van der Waals surface area contributed by atoms with Gasteiger partial charge in [0.2, 0.25) is 0 Å². The average Bonchev–Trinajstić information content (AvgIpc) is 2.52. The first kappa shape index (κ1) is 17.4. The van der Waals surface area contributed by atoms with E-state index in [0.29, 0.717) is 5.56 Å². The topological polar surface area (TPSA) is 18.5 Å². The molecule has 0 saturated heterocycles. The molecular weight excluding hydrogens is 329 g/mol. The first-order valence-electron chi connectivity index (χ1n) is 6.71. The maximum Gasteiger partial charge on any atom is 0.573 e. The molecule has 0 aliphatic heterocycles. The largest absolute Gasteiger partial charge is 0.573 e. The first-order chi connectivity index (χ1) is 10.9. The van der Waals surface area contributed by atoms with E-state index in [9.17, 15) is 13.2 Å². The van der Waals surface area contributed by atoms with Crippen molar-refractivity contribution in [1.82, 2.24) is 0 Å². The Morgan fingerprint density at radius 2 is 1.61 bits per heavy atom. The second-order valence-electron chi connectivity index (χ2n) is 4.60. The van der Waals surface area contributed by atoms with Crippen LogP contribution in [0.1, 0.15) is 11.1 Å². The van der Waals surface area contributed by atoms with Crippen LogP contribution in [0.4, 0.5) is 13.2 Å². The van der Waals surface area contributed by atoms with E-state index in [2.05, 4.69) is 11.3 Å². The molecule has 2 aromatic carbocycles. The summed E-state index contributed by atoms with van der Waals surface area (Å²) in [7, 11) is 0. The quantitative estimate of drug-likeness (QED) is 0.529. The third-order valence-corrected chi connectivity index (χ3v) is 3.54. The van der Waals surface area contributed by atoms with Gasteiger partial charge in [-0.25, -0.2) is 0 Å². The molecule has 6 heteroatoms. The molecule has 0 heterocycles. The van der Waals surface area contributed by atoms with Gasteiger partial charge in [-0.1, -0.05) is 66.2 Å². The Kier molecular flexibility index (Phi) is 5.34. The molecule has 1 atom stereocenters. The number of hydrogen-bond donors (Lipinski definition) is 0. The predicted molar refractivity (Wildman–Crippen MR) is 82.3 cm³/mol. The summed E-state index contributed by atoms with van der Waals surface area (Å²) in [5, 5.41) is -1.63. The summed E-state index contributed by atoms with van der Waals surface area (Å²) in [5.74, 6) is -0.414. The van der Waals surface area contributed by atoms with Gasteiger partial charge in [0, 0.05) is 11.1 Å². The fourth-order valence-electron chi connectivity index (χ4n) is 2.09. The van der Waals surface area contributed by atoms with E-state index in [1.807, 2.05) is 0 Å². The zero-order valence-corrected chi connectivity index (χ0v) is 12.8. The van der Waals surface area contributed by atoms with E-state index >= 15 is 0 Å². The number of benzene rings is 2. The van der Waals surface area contributed by atoms with Gasteiger partial charge in [-0.05, 0) is 6.07 Å². The Morgan fingerprint density at radius 1 is 1.00 bits per heavy atom. The molecule has 0 fully saturated rings. The number of ether oxygens (including phenoxy) is 2. The Morgan fingerprint density at radius 3 is 2.22 bits per heavy atom. The lowest BCUT2D eigenvalue weighted by Crippen LogP contribution is -2.27. The van der Waals surface area contributed by atoms with Crippen LogP contribution in [0, 0.1) is 0 Å². The van der Waals surface area contributed by atoms with E-state index in [1.165, 1.54) is 24.3 Å². The molecular formula is C17H14ClF3O2. The molecule has 0 N–H and O–H groups in total. The average molecular weight is 343 g/mol. The van der Waals surface area contributed by atoms with Crippen LogP contribution < -0.4 is 4.74 Å². The lowest BCUT2D eigenvalue weighted by atomic mass is 9.99. The Hall–Kier alpha value is -1.98. The van der Waals surface area contributed by atoms with E-state index in [0.717, 1.165) is 0 Å². The van der Waals surface area contributed by atoms with Gasteiger partial charge in [0.05, 0.1) is 6.61 Å². The number of para-hydroxylation sites is 1. The van der Waals surface area contributed by atoms with E-state index < -0.39 is 17.2 Å². The number of hydrogen-bond acceptors (Lipinski definition) is 2. The van der Waals surface area contributed by atoms with Crippen molar-refractivity contribution in [3.63, 3.8) is 0 Å². The van der Waals surface area contributed by atoms with Crippen LogP contribution in [-0.4, -0.2) is 13.0 Å². The summed E-state index contributed by atoms with van der Waals surface area (Å²) in [4.78, 5) is 0. The summed E-state index contributed by atoms with van der Waals surface area (Å²) in [5.41, 5.74) is 0.550. The van der Waals surface area contributed by atoms with Crippen LogP contribution in [-0.2, 0) is 9.80 Å². The highest BCUT2D eigenvalue weighted by atomic mass is 35.5. The summed E-state index contributed by atoms with van der Waals surface area (Å²) >= 11 is 6.59. The van der Waals surface area contributed by atoms with Crippen LogP contribution in [0.2, 0.25) is 0 Å². The van der Waals surface area contributed by atoms with Gasteiger partial charge >= 0.3 is 6.36 Å². The van der Waals surface area contributed by atoms with Gasteiger partial charge in [0.1, 0.15) is 5.75 Å². The van der Waals surface area contributed by atoms with Crippen LogP contribution in [0.5, 0.6) is 5.75 Å². The molecule has 0 bridgehead atoms. The lowest BCUT2D eigenvalue weighted by molar-refractivity contribution is -0.275. The van der Waals surface area contributed by atoms with Crippen molar-refractivity contribution in [3.05, 3.63) is 78.4 Å². The Labute approximate surface area is 137 Å². The van der Waals surface area contributed by atoms with Crippen molar-refractivity contribution in [2.75, 3.05) is 6.61 Å². The minimum absolute atomic E-state index is 0.0543. The Balaban J connectivity index is 2.54. The molecule has 0 aliphatic rings. The van der Waals surface area contributed by atoms with Crippen molar-refractivity contribution >= 4 is 11.6 Å². The zero-order chi connectivity index (χ0) is 16.9. The van der Waals surface area contributed by atoms with Gasteiger partial charge in [0.25, 0.3) is 0 Å². The molecule has 122 valence electrons. The molecule has 2 rings (SSSR count). The molecule has 2 aromatic rings. The van der Waals surface area contributed by atoms with E-state index in [4.69, 9.17) is 16.3 Å². The molecule has 0 aliphatic carbocycles. The van der Waals surface area contributed by atoms with Crippen molar-refractivity contribution in [3.8, 4) is 5.75 Å². The molecule has 2 nitrogen and oxygen atoms in total. The van der Waals surface area contributed by atoms with Gasteiger partial charge in [0.15, 0.2) is 5.06 Å². The zero-order valence-electron chi connectivity index (χ0n) is 12.0. The third kappa shape index (κ3) is 4.27. The highest BCUT2D eigenvalue weighted by Crippen LogP contribution is 2.43. The maximum absolute atomic E-state index is 12.6.